The molecule has 7 heteroatoms. The zero-order valence-corrected chi connectivity index (χ0v) is 17.1. The molecule has 1 fully saturated rings. The number of halogens is 1. The summed E-state index contributed by atoms with van der Waals surface area (Å²) in [7, 11) is 0. The van der Waals surface area contributed by atoms with Crippen molar-refractivity contribution in [1.82, 2.24) is 19.7 Å². The molecule has 0 radical (unpaired) electrons. The Kier molecular flexibility index (Phi) is 6.04. The Morgan fingerprint density at radius 1 is 1.17 bits per heavy atom. The molecule has 0 spiro atoms. The van der Waals surface area contributed by atoms with E-state index < -0.39 is 5.82 Å². The molecule has 0 amide bonds. The van der Waals surface area contributed by atoms with Gasteiger partial charge in [0.1, 0.15) is 5.82 Å². The van der Waals surface area contributed by atoms with Crippen LogP contribution >= 0.6 is 11.8 Å². The third kappa shape index (κ3) is 4.24. The highest BCUT2D eigenvalue weighted by atomic mass is 32.2. The average Bonchev–Trinajstić information content (AvgIpc) is 3.17. The molecule has 0 N–H and O–H groups in total. The number of pyridine rings is 1. The largest absolute Gasteiger partial charge is 0.299 e. The molecule has 1 aliphatic rings. The predicted octanol–water partition coefficient (Wildman–Crippen LogP) is 5.21. The lowest BCUT2D eigenvalue weighted by atomic mass is 9.85. The normalized spacial score (nSPS) is 19.2. The van der Waals surface area contributed by atoms with Gasteiger partial charge in [-0.15, -0.1) is 10.2 Å². The number of benzene rings is 1. The van der Waals surface area contributed by atoms with Crippen LogP contribution in [0.4, 0.5) is 4.39 Å². The number of thioether (sulfide) groups is 1. The number of hydrogen-bond acceptors (Lipinski definition) is 5. The van der Waals surface area contributed by atoms with Gasteiger partial charge in [0.15, 0.2) is 16.8 Å². The molecular weight excluding hydrogens is 387 g/mol. The van der Waals surface area contributed by atoms with Gasteiger partial charge in [-0.05, 0) is 43.0 Å². The van der Waals surface area contributed by atoms with E-state index in [2.05, 4.69) is 26.7 Å². The van der Waals surface area contributed by atoms with Gasteiger partial charge in [0.25, 0.3) is 0 Å². The van der Waals surface area contributed by atoms with Gasteiger partial charge in [-0.1, -0.05) is 43.7 Å². The van der Waals surface area contributed by atoms with E-state index in [9.17, 15) is 9.18 Å². The molecule has 0 aliphatic heterocycles. The van der Waals surface area contributed by atoms with Crippen molar-refractivity contribution in [3.05, 3.63) is 60.2 Å². The van der Waals surface area contributed by atoms with Crippen LogP contribution in [0.3, 0.4) is 0 Å². The van der Waals surface area contributed by atoms with Crippen LogP contribution in [0.2, 0.25) is 0 Å². The minimum Gasteiger partial charge on any atom is -0.299 e. The summed E-state index contributed by atoms with van der Waals surface area (Å²) in [6.45, 7) is 2.26. The Balaban J connectivity index is 1.64. The quantitative estimate of drug-likeness (QED) is 0.413. The smallest absolute Gasteiger partial charge is 0.192 e. The van der Waals surface area contributed by atoms with Crippen LogP contribution in [-0.2, 0) is 0 Å². The number of rotatable bonds is 6. The van der Waals surface area contributed by atoms with Crippen molar-refractivity contribution in [2.24, 2.45) is 5.92 Å². The Labute approximate surface area is 173 Å². The van der Waals surface area contributed by atoms with Gasteiger partial charge in [0, 0.05) is 24.0 Å². The monoisotopic (exact) mass is 410 g/mol. The van der Waals surface area contributed by atoms with Crippen LogP contribution in [0.25, 0.3) is 11.4 Å². The average molecular weight is 411 g/mol. The molecule has 1 aliphatic carbocycles. The second kappa shape index (κ2) is 8.86. The number of ketones is 1. The second-order valence-corrected chi connectivity index (χ2v) is 8.38. The van der Waals surface area contributed by atoms with Crippen molar-refractivity contribution in [2.45, 2.75) is 43.8 Å². The van der Waals surface area contributed by atoms with Crippen LogP contribution in [0.15, 0.2) is 53.9 Å². The fourth-order valence-corrected chi connectivity index (χ4v) is 4.82. The molecule has 0 saturated heterocycles. The van der Waals surface area contributed by atoms with Gasteiger partial charge in [-0.3, -0.25) is 14.3 Å². The zero-order valence-electron chi connectivity index (χ0n) is 16.3. The van der Waals surface area contributed by atoms with E-state index in [0.717, 1.165) is 30.7 Å². The van der Waals surface area contributed by atoms with E-state index in [-0.39, 0.29) is 23.1 Å². The Bertz CT molecular complexity index is 991. The number of nitrogens with zero attached hydrogens (tertiary/aromatic N) is 4. The fourth-order valence-electron chi connectivity index (χ4n) is 3.94. The minimum atomic E-state index is -0.489. The first-order chi connectivity index (χ1) is 14.1. The standard InChI is InChI=1S/C22H23FN4OS/c1-15-7-2-5-11-19(15)27-21(16-8-6-12-24-13-16)25-26-22(27)29-14-20(28)17-9-3-4-10-18(17)23/h3-4,6,8-10,12-13,15,19H,2,5,7,11,14H2,1H3. The molecule has 2 unspecified atom stereocenters. The maximum atomic E-state index is 13.9. The summed E-state index contributed by atoms with van der Waals surface area (Å²) in [6.07, 6.45) is 8.13. The SMILES string of the molecule is CC1CCCCC1n1c(SCC(=O)c2ccccc2F)nnc1-c1cccnc1. The Morgan fingerprint density at radius 2 is 2.00 bits per heavy atom. The van der Waals surface area contributed by atoms with Gasteiger partial charge in [0.2, 0.25) is 0 Å². The maximum absolute atomic E-state index is 13.9. The molecule has 5 nitrogen and oxygen atoms in total. The zero-order chi connectivity index (χ0) is 20.2. The summed E-state index contributed by atoms with van der Waals surface area (Å²) in [5.41, 5.74) is 1.02. The van der Waals surface area contributed by atoms with Crippen molar-refractivity contribution >= 4 is 17.5 Å². The van der Waals surface area contributed by atoms with Crippen molar-refractivity contribution in [3.63, 3.8) is 0 Å². The van der Waals surface area contributed by atoms with Crippen LogP contribution in [-0.4, -0.2) is 31.3 Å². The lowest BCUT2D eigenvalue weighted by Gasteiger charge is -2.31. The van der Waals surface area contributed by atoms with E-state index in [1.54, 1.807) is 24.5 Å². The number of carbonyl (C=O) groups excluding carboxylic acids is 1. The number of aromatic nitrogens is 4. The molecule has 150 valence electrons. The fraction of sp³-hybridized carbons (Fsp3) is 0.364. The summed E-state index contributed by atoms with van der Waals surface area (Å²) in [4.78, 5) is 16.8. The van der Waals surface area contributed by atoms with Gasteiger partial charge in [0.05, 0.1) is 11.3 Å². The predicted molar refractivity (Wildman–Crippen MR) is 111 cm³/mol. The Morgan fingerprint density at radius 3 is 2.76 bits per heavy atom. The molecule has 2 heterocycles. The van der Waals surface area contributed by atoms with E-state index in [0.29, 0.717) is 11.1 Å². The lowest BCUT2D eigenvalue weighted by Crippen LogP contribution is -2.22. The van der Waals surface area contributed by atoms with Crippen LogP contribution in [0, 0.1) is 11.7 Å². The minimum absolute atomic E-state index is 0.115. The summed E-state index contributed by atoms with van der Waals surface area (Å²) >= 11 is 1.32. The Hall–Kier alpha value is -2.54. The topological polar surface area (TPSA) is 60.7 Å². The number of Topliss-reactive ketones (excluding diaryl/α,β-unsaturated/α-hetero) is 1. The van der Waals surface area contributed by atoms with Crippen molar-refractivity contribution < 1.29 is 9.18 Å². The molecule has 1 saturated carbocycles. The van der Waals surface area contributed by atoms with Crippen LogP contribution in [0.5, 0.6) is 0 Å². The van der Waals surface area contributed by atoms with Gasteiger partial charge in [-0.2, -0.15) is 0 Å². The molecule has 29 heavy (non-hydrogen) atoms. The highest BCUT2D eigenvalue weighted by molar-refractivity contribution is 7.99. The van der Waals surface area contributed by atoms with E-state index in [1.807, 2.05) is 12.1 Å². The third-order valence-corrected chi connectivity index (χ3v) is 6.43. The maximum Gasteiger partial charge on any atom is 0.192 e. The summed E-state index contributed by atoms with van der Waals surface area (Å²) in [5, 5.41) is 9.52. The van der Waals surface area contributed by atoms with Crippen molar-refractivity contribution in [2.75, 3.05) is 5.75 Å². The molecular formula is C22H23FN4OS. The summed E-state index contributed by atoms with van der Waals surface area (Å²) in [5.74, 6) is 0.654. The lowest BCUT2D eigenvalue weighted by molar-refractivity contribution is 0.101. The summed E-state index contributed by atoms with van der Waals surface area (Å²) in [6, 6.07) is 10.2. The molecule has 0 bridgehead atoms. The highest BCUT2D eigenvalue weighted by Gasteiger charge is 2.29. The number of carbonyl (C=O) groups is 1. The van der Waals surface area contributed by atoms with E-state index >= 15 is 0 Å². The first-order valence-electron chi connectivity index (χ1n) is 9.91. The molecule has 2 atom stereocenters. The van der Waals surface area contributed by atoms with Gasteiger partial charge in [-0.25, -0.2) is 4.39 Å². The summed E-state index contributed by atoms with van der Waals surface area (Å²) < 4.78 is 16.1. The third-order valence-electron chi connectivity index (χ3n) is 5.49. The molecule has 1 aromatic carbocycles. The number of hydrogen-bond donors (Lipinski definition) is 0. The first-order valence-corrected chi connectivity index (χ1v) is 10.9. The van der Waals surface area contributed by atoms with Crippen LogP contribution < -0.4 is 0 Å². The van der Waals surface area contributed by atoms with Crippen molar-refractivity contribution in [1.29, 1.82) is 0 Å². The van der Waals surface area contributed by atoms with Gasteiger partial charge >= 0.3 is 0 Å². The molecule has 3 aromatic rings. The van der Waals surface area contributed by atoms with Crippen molar-refractivity contribution in [3.8, 4) is 11.4 Å². The highest BCUT2D eigenvalue weighted by Crippen LogP contribution is 2.39. The van der Waals surface area contributed by atoms with E-state index in [1.165, 1.54) is 30.3 Å². The van der Waals surface area contributed by atoms with Gasteiger partial charge < -0.3 is 0 Å². The van der Waals surface area contributed by atoms with Crippen LogP contribution in [0.1, 0.15) is 49.0 Å². The van der Waals surface area contributed by atoms with E-state index in [4.69, 9.17) is 0 Å². The molecule has 2 aromatic heterocycles. The first kappa shape index (κ1) is 19.8. The second-order valence-electron chi connectivity index (χ2n) is 7.44. The molecule has 4 rings (SSSR count).